The van der Waals surface area contributed by atoms with E-state index in [1.165, 1.54) is 38.5 Å². The summed E-state index contributed by atoms with van der Waals surface area (Å²) in [5.41, 5.74) is -0.166. The first-order chi connectivity index (χ1) is 13.0. The predicted molar refractivity (Wildman–Crippen MR) is 94.9 cm³/mol. The van der Waals surface area contributed by atoms with Crippen LogP contribution in [0.15, 0.2) is 48.0 Å². The summed E-state index contributed by atoms with van der Waals surface area (Å²) in [4.78, 5) is 37.7. The lowest BCUT2D eigenvalue weighted by atomic mass is 10.1. The summed E-state index contributed by atoms with van der Waals surface area (Å²) in [7, 11) is 2.91. The third kappa shape index (κ3) is 3.37. The summed E-state index contributed by atoms with van der Waals surface area (Å²) >= 11 is 0. The van der Waals surface area contributed by atoms with Crippen LogP contribution in [0.3, 0.4) is 0 Å². The van der Waals surface area contributed by atoms with Gasteiger partial charge in [-0.15, -0.1) is 0 Å². The van der Waals surface area contributed by atoms with E-state index in [1.807, 2.05) is 5.32 Å². The first-order valence-electron chi connectivity index (χ1n) is 7.84. The van der Waals surface area contributed by atoms with Crippen LogP contribution in [-0.2, 0) is 9.59 Å². The Labute approximate surface area is 154 Å². The van der Waals surface area contributed by atoms with Gasteiger partial charge in [-0.2, -0.15) is 0 Å². The van der Waals surface area contributed by atoms with Crippen LogP contribution >= 0.6 is 0 Å². The van der Waals surface area contributed by atoms with Crippen LogP contribution in [0.4, 0.5) is 14.9 Å². The molecule has 0 atom stereocenters. The maximum Gasteiger partial charge on any atom is 0.336 e. The average Bonchev–Trinajstić information content (AvgIpc) is 2.66. The Balaban J connectivity index is 2.06. The van der Waals surface area contributed by atoms with Gasteiger partial charge in [0.2, 0.25) is 0 Å². The Kier molecular flexibility index (Phi) is 4.89. The van der Waals surface area contributed by atoms with Gasteiger partial charge in [-0.1, -0.05) is 12.1 Å². The number of rotatable bonds is 4. The van der Waals surface area contributed by atoms with Crippen molar-refractivity contribution in [1.82, 2.24) is 5.32 Å². The lowest BCUT2D eigenvalue weighted by Crippen LogP contribution is -2.54. The number of anilines is 1. The number of methoxy groups -OCH3 is 2. The molecule has 27 heavy (non-hydrogen) atoms. The third-order valence-corrected chi connectivity index (χ3v) is 3.94. The summed E-state index contributed by atoms with van der Waals surface area (Å²) in [5, 5.41) is 2.04. The number of barbiturate groups is 1. The predicted octanol–water partition coefficient (Wildman–Crippen LogP) is 2.51. The first-order valence-corrected chi connectivity index (χ1v) is 7.84. The zero-order valence-corrected chi connectivity index (χ0v) is 14.5. The van der Waals surface area contributed by atoms with Gasteiger partial charge >= 0.3 is 6.03 Å². The molecule has 3 rings (SSSR count). The van der Waals surface area contributed by atoms with E-state index >= 15 is 0 Å². The van der Waals surface area contributed by atoms with Crippen molar-refractivity contribution in [3.63, 3.8) is 0 Å². The maximum atomic E-state index is 14.1. The Morgan fingerprint density at radius 1 is 1.04 bits per heavy atom. The smallest absolute Gasteiger partial charge is 0.336 e. The van der Waals surface area contributed by atoms with E-state index in [0.29, 0.717) is 22.0 Å². The molecule has 1 fully saturated rings. The van der Waals surface area contributed by atoms with Gasteiger partial charge < -0.3 is 9.47 Å². The molecular weight excluding hydrogens is 355 g/mol. The Hall–Kier alpha value is -3.68. The van der Waals surface area contributed by atoms with Crippen molar-refractivity contribution in [2.24, 2.45) is 0 Å². The monoisotopic (exact) mass is 370 g/mol. The molecule has 1 aliphatic rings. The summed E-state index contributed by atoms with van der Waals surface area (Å²) in [6.07, 6.45) is 1.27. The van der Waals surface area contributed by atoms with Crippen molar-refractivity contribution >= 4 is 29.6 Å². The summed E-state index contributed by atoms with van der Waals surface area (Å²) in [6, 6.07) is 9.07. The number of benzene rings is 2. The minimum Gasteiger partial charge on any atom is -0.497 e. The number of amides is 4. The number of hydrogen-bond donors (Lipinski definition) is 1. The quantitative estimate of drug-likeness (QED) is 0.660. The fourth-order valence-electron chi connectivity index (χ4n) is 2.60. The van der Waals surface area contributed by atoms with Gasteiger partial charge in [-0.05, 0) is 30.3 Å². The van der Waals surface area contributed by atoms with Crippen LogP contribution in [0.1, 0.15) is 5.56 Å². The molecule has 1 heterocycles. The number of imide groups is 2. The Morgan fingerprint density at radius 3 is 2.44 bits per heavy atom. The summed E-state index contributed by atoms with van der Waals surface area (Å²) in [5.74, 6) is -1.70. The number of carbonyl (C=O) groups is 3. The van der Waals surface area contributed by atoms with E-state index in [1.54, 1.807) is 18.2 Å². The number of nitrogens with zero attached hydrogens (tertiary/aromatic N) is 1. The summed E-state index contributed by atoms with van der Waals surface area (Å²) in [6.45, 7) is 0. The number of ether oxygens (including phenoxy) is 2. The molecule has 0 spiro atoms. The molecule has 0 bridgehead atoms. The number of halogens is 1. The molecule has 1 saturated heterocycles. The highest BCUT2D eigenvalue weighted by Crippen LogP contribution is 2.29. The molecular formula is C19H15FN2O5. The van der Waals surface area contributed by atoms with Crippen LogP contribution in [0.25, 0.3) is 6.08 Å². The second-order valence-corrected chi connectivity index (χ2v) is 5.52. The molecule has 138 valence electrons. The SMILES string of the molecule is COc1ccc(/C=C2\C(=O)NC(=O)N(c3ccccc3F)C2=O)c(OC)c1. The molecule has 2 aromatic rings. The van der Waals surface area contributed by atoms with Crippen molar-refractivity contribution < 1.29 is 28.2 Å². The largest absolute Gasteiger partial charge is 0.497 e. The molecule has 2 aromatic carbocycles. The zero-order valence-electron chi connectivity index (χ0n) is 14.5. The Bertz CT molecular complexity index is 970. The lowest BCUT2D eigenvalue weighted by molar-refractivity contribution is -0.122. The number of hydrogen-bond acceptors (Lipinski definition) is 5. The van der Waals surface area contributed by atoms with Crippen molar-refractivity contribution in [2.45, 2.75) is 0 Å². The standard InChI is InChI=1S/C19H15FN2O5/c1-26-12-8-7-11(16(10-12)27-2)9-13-17(23)21-19(25)22(18(13)24)15-6-4-3-5-14(15)20/h3-10H,1-2H3,(H,21,23,25)/b13-9+. The lowest BCUT2D eigenvalue weighted by Gasteiger charge is -2.26. The topological polar surface area (TPSA) is 84.9 Å². The van der Waals surface area contributed by atoms with Gasteiger partial charge in [0.05, 0.1) is 19.9 Å². The van der Waals surface area contributed by atoms with Gasteiger partial charge in [-0.3, -0.25) is 14.9 Å². The van der Waals surface area contributed by atoms with Crippen LogP contribution < -0.4 is 19.7 Å². The van der Waals surface area contributed by atoms with E-state index in [4.69, 9.17) is 9.47 Å². The number of nitrogens with one attached hydrogen (secondary N) is 1. The zero-order chi connectivity index (χ0) is 19.6. The van der Waals surface area contributed by atoms with Crippen molar-refractivity contribution in [3.05, 3.63) is 59.4 Å². The van der Waals surface area contributed by atoms with Gasteiger partial charge in [0.25, 0.3) is 11.8 Å². The van der Waals surface area contributed by atoms with E-state index in [2.05, 4.69) is 0 Å². The molecule has 0 radical (unpaired) electrons. The molecule has 7 nitrogen and oxygen atoms in total. The highest BCUT2D eigenvalue weighted by Gasteiger charge is 2.38. The van der Waals surface area contributed by atoms with Gasteiger partial charge in [-0.25, -0.2) is 14.1 Å². The fourth-order valence-corrected chi connectivity index (χ4v) is 2.60. The van der Waals surface area contributed by atoms with E-state index in [9.17, 15) is 18.8 Å². The van der Waals surface area contributed by atoms with Crippen molar-refractivity contribution in [1.29, 1.82) is 0 Å². The van der Waals surface area contributed by atoms with Crippen molar-refractivity contribution in [2.75, 3.05) is 19.1 Å². The van der Waals surface area contributed by atoms with Gasteiger partial charge in [0, 0.05) is 11.6 Å². The van der Waals surface area contributed by atoms with Crippen LogP contribution in [0, 0.1) is 5.82 Å². The number of urea groups is 1. The highest BCUT2D eigenvalue weighted by molar-refractivity contribution is 6.39. The van der Waals surface area contributed by atoms with Gasteiger partial charge in [0.15, 0.2) is 0 Å². The maximum absolute atomic E-state index is 14.1. The molecule has 4 amide bonds. The molecule has 0 aromatic heterocycles. The van der Waals surface area contributed by atoms with Gasteiger partial charge in [0.1, 0.15) is 22.9 Å². The number of carbonyl (C=O) groups excluding carboxylic acids is 3. The van der Waals surface area contributed by atoms with Crippen LogP contribution in [-0.4, -0.2) is 32.1 Å². The average molecular weight is 370 g/mol. The third-order valence-electron chi connectivity index (χ3n) is 3.94. The normalized spacial score (nSPS) is 15.7. The molecule has 0 aliphatic carbocycles. The molecule has 0 saturated carbocycles. The molecule has 8 heteroatoms. The van der Waals surface area contributed by atoms with Crippen LogP contribution in [0.5, 0.6) is 11.5 Å². The van der Waals surface area contributed by atoms with E-state index in [-0.39, 0.29) is 11.3 Å². The second-order valence-electron chi connectivity index (χ2n) is 5.52. The van der Waals surface area contributed by atoms with Crippen LogP contribution in [0.2, 0.25) is 0 Å². The van der Waals surface area contributed by atoms with E-state index < -0.39 is 23.7 Å². The van der Waals surface area contributed by atoms with Crippen molar-refractivity contribution in [3.8, 4) is 11.5 Å². The first kappa shape index (κ1) is 18.1. The molecule has 1 N–H and O–H groups in total. The molecule has 1 aliphatic heterocycles. The Morgan fingerprint density at radius 2 is 1.78 bits per heavy atom. The minimum absolute atomic E-state index is 0.250. The fraction of sp³-hybridized carbons (Fsp3) is 0.105. The second kappa shape index (κ2) is 7.28. The molecule has 0 unspecified atom stereocenters. The minimum atomic E-state index is -1.02. The summed E-state index contributed by atoms with van der Waals surface area (Å²) < 4.78 is 24.4. The number of para-hydroxylation sites is 1. The highest BCUT2D eigenvalue weighted by atomic mass is 19.1. The van der Waals surface area contributed by atoms with E-state index in [0.717, 1.165) is 6.07 Å².